The molecular formula is C13H22N4OS. The number of hydrogen-bond donors (Lipinski definition) is 2. The van der Waals surface area contributed by atoms with Crippen molar-refractivity contribution in [1.29, 1.82) is 0 Å². The number of aryl methyl sites for hydroxylation is 1. The van der Waals surface area contributed by atoms with Crippen LogP contribution >= 0.6 is 11.3 Å². The van der Waals surface area contributed by atoms with Gasteiger partial charge in [0.1, 0.15) is 0 Å². The van der Waals surface area contributed by atoms with Crippen molar-refractivity contribution >= 4 is 23.2 Å². The van der Waals surface area contributed by atoms with Crippen LogP contribution in [0, 0.1) is 6.92 Å². The normalized spacial score (nSPS) is 11.3. The summed E-state index contributed by atoms with van der Waals surface area (Å²) in [6, 6.07) is 2.10. The minimum Gasteiger partial charge on any atom is -0.356 e. The molecule has 1 amide bonds. The first-order valence-electron chi connectivity index (χ1n) is 6.22. The number of thiophene rings is 1. The Bertz CT molecular complexity index is 440. The zero-order valence-corrected chi connectivity index (χ0v) is 12.8. The maximum atomic E-state index is 11.4. The van der Waals surface area contributed by atoms with E-state index in [2.05, 4.69) is 34.0 Å². The second kappa shape index (κ2) is 7.78. The first kappa shape index (κ1) is 15.5. The monoisotopic (exact) mass is 282 g/mol. The summed E-state index contributed by atoms with van der Waals surface area (Å²) in [7, 11) is 5.24. The van der Waals surface area contributed by atoms with E-state index in [9.17, 15) is 4.79 Å². The second-order valence-electron chi connectivity index (χ2n) is 4.42. The third-order valence-corrected chi connectivity index (χ3v) is 3.76. The van der Waals surface area contributed by atoms with Gasteiger partial charge in [0.15, 0.2) is 5.96 Å². The molecule has 1 aromatic heterocycles. The highest BCUT2D eigenvalue weighted by Crippen LogP contribution is 2.14. The lowest BCUT2D eigenvalue weighted by atomic mass is 10.3. The summed E-state index contributed by atoms with van der Waals surface area (Å²) in [5, 5.41) is 8.45. The summed E-state index contributed by atoms with van der Waals surface area (Å²) in [5.41, 5.74) is 1.29. The van der Waals surface area contributed by atoms with Crippen molar-refractivity contribution in [2.24, 2.45) is 4.99 Å². The van der Waals surface area contributed by atoms with Crippen molar-refractivity contribution in [1.82, 2.24) is 15.5 Å². The average molecular weight is 282 g/mol. The van der Waals surface area contributed by atoms with E-state index in [0.29, 0.717) is 13.0 Å². The van der Waals surface area contributed by atoms with Crippen LogP contribution in [0.15, 0.2) is 16.4 Å². The first-order valence-corrected chi connectivity index (χ1v) is 7.10. The predicted molar refractivity (Wildman–Crippen MR) is 80.6 cm³/mol. The van der Waals surface area contributed by atoms with Gasteiger partial charge in [0.25, 0.3) is 0 Å². The Kier molecular flexibility index (Phi) is 6.35. The minimum absolute atomic E-state index is 0.108. The molecule has 5 nitrogen and oxygen atoms in total. The van der Waals surface area contributed by atoms with Crippen molar-refractivity contribution in [3.05, 3.63) is 21.9 Å². The maximum Gasteiger partial charge on any atom is 0.223 e. The van der Waals surface area contributed by atoms with Crippen LogP contribution in [0.3, 0.4) is 0 Å². The third kappa shape index (κ3) is 5.30. The van der Waals surface area contributed by atoms with Gasteiger partial charge in [0.2, 0.25) is 5.91 Å². The number of hydrogen-bond acceptors (Lipinski definition) is 3. The molecule has 0 unspecified atom stereocenters. The van der Waals surface area contributed by atoms with E-state index in [1.165, 1.54) is 10.4 Å². The Hall–Kier alpha value is -1.56. The number of nitrogens with one attached hydrogen (secondary N) is 2. The van der Waals surface area contributed by atoms with E-state index >= 15 is 0 Å². The number of carbonyl (C=O) groups is 1. The third-order valence-electron chi connectivity index (χ3n) is 2.74. The van der Waals surface area contributed by atoms with Crippen LogP contribution in [0.2, 0.25) is 0 Å². The Labute approximate surface area is 118 Å². The molecule has 1 aromatic rings. The maximum absolute atomic E-state index is 11.4. The Morgan fingerprint density at radius 1 is 1.42 bits per heavy atom. The van der Waals surface area contributed by atoms with Crippen molar-refractivity contribution < 1.29 is 4.79 Å². The van der Waals surface area contributed by atoms with Crippen molar-refractivity contribution in [2.75, 3.05) is 27.7 Å². The molecule has 1 rings (SSSR count). The van der Waals surface area contributed by atoms with Crippen LogP contribution in [0.4, 0.5) is 0 Å². The standard InChI is InChI=1S/C13H22N4OS/c1-10-6-8-19-11(10)9-16-13(14-2)15-7-5-12(18)17(3)4/h6,8H,5,7,9H2,1-4H3,(H2,14,15,16). The van der Waals surface area contributed by atoms with Gasteiger partial charge in [-0.1, -0.05) is 0 Å². The topological polar surface area (TPSA) is 56.7 Å². The molecule has 6 heteroatoms. The van der Waals surface area contributed by atoms with E-state index in [4.69, 9.17) is 0 Å². The highest BCUT2D eigenvalue weighted by molar-refractivity contribution is 7.10. The van der Waals surface area contributed by atoms with E-state index in [1.807, 2.05) is 0 Å². The lowest BCUT2D eigenvalue weighted by Crippen LogP contribution is -2.38. The van der Waals surface area contributed by atoms with Gasteiger partial charge >= 0.3 is 0 Å². The molecule has 0 atom stereocenters. The molecule has 19 heavy (non-hydrogen) atoms. The van der Waals surface area contributed by atoms with Gasteiger partial charge < -0.3 is 15.5 Å². The molecule has 1 heterocycles. The van der Waals surface area contributed by atoms with Crippen LogP contribution in [-0.2, 0) is 11.3 Å². The zero-order valence-electron chi connectivity index (χ0n) is 12.0. The molecule has 0 spiro atoms. The van der Waals surface area contributed by atoms with Crippen molar-refractivity contribution in [2.45, 2.75) is 19.9 Å². The summed E-state index contributed by atoms with van der Waals surface area (Å²) in [6.45, 7) is 3.43. The van der Waals surface area contributed by atoms with Crippen LogP contribution in [0.25, 0.3) is 0 Å². The van der Waals surface area contributed by atoms with Gasteiger partial charge in [-0.15, -0.1) is 11.3 Å². The minimum atomic E-state index is 0.108. The fraction of sp³-hybridized carbons (Fsp3) is 0.538. The quantitative estimate of drug-likeness (QED) is 0.630. The smallest absolute Gasteiger partial charge is 0.223 e. The molecule has 0 bridgehead atoms. The van der Waals surface area contributed by atoms with Gasteiger partial charge in [-0.3, -0.25) is 9.79 Å². The molecule has 106 valence electrons. The van der Waals surface area contributed by atoms with Crippen molar-refractivity contribution in [3.63, 3.8) is 0 Å². The largest absolute Gasteiger partial charge is 0.356 e. The Morgan fingerprint density at radius 3 is 2.68 bits per heavy atom. The fourth-order valence-corrected chi connectivity index (χ4v) is 2.33. The zero-order chi connectivity index (χ0) is 14.3. The van der Waals surface area contributed by atoms with Gasteiger partial charge in [0, 0.05) is 39.0 Å². The van der Waals surface area contributed by atoms with Gasteiger partial charge in [-0.25, -0.2) is 0 Å². The number of guanidine groups is 1. The highest BCUT2D eigenvalue weighted by atomic mass is 32.1. The lowest BCUT2D eigenvalue weighted by molar-refractivity contribution is -0.128. The van der Waals surface area contributed by atoms with Gasteiger partial charge in [-0.2, -0.15) is 0 Å². The van der Waals surface area contributed by atoms with Crippen molar-refractivity contribution in [3.8, 4) is 0 Å². The molecule has 0 saturated heterocycles. The molecule has 0 aromatic carbocycles. The SMILES string of the molecule is CN=C(NCCC(=O)N(C)C)NCc1sccc1C. The number of nitrogens with zero attached hydrogens (tertiary/aromatic N) is 2. The van der Waals surface area contributed by atoms with E-state index in [-0.39, 0.29) is 5.91 Å². The Balaban J connectivity index is 2.31. The second-order valence-corrected chi connectivity index (χ2v) is 5.42. The summed E-state index contributed by atoms with van der Waals surface area (Å²) >= 11 is 1.73. The number of carbonyl (C=O) groups excluding carboxylic acids is 1. The summed E-state index contributed by atoms with van der Waals surface area (Å²) in [6.07, 6.45) is 0.464. The summed E-state index contributed by atoms with van der Waals surface area (Å²) in [5.74, 6) is 0.830. The molecule has 0 saturated carbocycles. The van der Waals surface area contributed by atoms with Crippen LogP contribution in [0.5, 0.6) is 0 Å². The molecular weight excluding hydrogens is 260 g/mol. The number of amides is 1. The average Bonchev–Trinajstić information content (AvgIpc) is 2.78. The molecule has 0 aliphatic carbocycles. The van der Waals surface area contributed by atoms with Gasteiger partial charge in [-0.05, 0) is 23.9 Å². The predicted octanol–water partition coefficient (Wildman–Crippen LogP) is 1.20. The van der Waals surface area contributed by atoms with E-state index in [0.717, 1.165) is 12.5 Å². The molecule has 0 fully saturated rings. The Morgan fingerprint density at radius 2 is 2.16 bits per heavy atom. The van der Waals surface area contributed by atoms with Crippen LogP contribution < -0.4 is 10.6 Å². The number of aliphatic imine (C=N–C) groups is 1. The molecule has 0 radical (unpaired) electrons. The summed E-state index contributed by atoms with van der Waals surface area (Å²) in [4.78, 5) is 18.5. The van der Waals surface area contributed by atoms with Crippen LogP contribution in [-0.4, -0.2) is 44.5 Å². The lowest BCUT2D eigenvalue weighted by Gasteiger charge is -2.13. The van der Waals surface area contributed by atoms with E-state index in [1.54, 1.807) is 37.4 Å². The fourth-order valence-electron chi connectivity index (χ4n) is 1.48. The first-order chi connectivity index (χ1) is 9.04. The summed E-state index contributed by atoms with van der Waals surface area (Å²) < 4.78 is 0. The van der Waals surface area contributed by atoms with Gasteiger partial charge in [0.05, 0.1) is 6.54 Å². The molecule has 0 aliphatic rings. The van der Waals surface area contributed by atoms with Crippen LogP contribution in [0.1, 0.15) is 16.9 Å². The molecule has 2 N–H and O–H groups in total. The number of rotatable bonds is 5. The highest BCUT2D eigenvalue weighted by Gasteiger charge is 2.05. The molecule has 0 aliphatic heterocycles. The van der Waals surface area contributed by atoms with E-state index < -0.39 is 0 Å².